The maximum Gasteiger partial charge on any atom is 0.0683 e. The molecule has 0 saturated carbocycles. The first-order chi connectivity index (χ1) is 8.05. The standard InChI is InChI=1S/C15H30N2/c1-5-7-9-14(6-2)12-17-11-8-10-15(3,4)13-16/h14,17H,5-12H2,1-4H3. The van der Waals surface area contributed by atoms with Gasteiger partial charge in [0.1, 0.15) is 0 Å². The van der Waals surface area contributed by atoms with Gasteiger partial charge in [0.15, 0.2) is 0 Å². The van der Waals surface area contributed by atoms with Crippen LogP contribution >= 0.6 is 0 Å². The van der Waals surface area contributed by atoms with Gasteiger partial charge in [-0.25, -0.2) is 0 Å². The average molecular weight is 238 g/mol. The van der Waals surface area contributed by atoms with Crippen molar-refractivity contribution in [3.63, 3.8) is 0 Å². The van der Waals surface area contributed by atoms with Gasteiger partial charge in [-0.2, -0.15) is 5.26 Å². The fourth-order valence-corrected chi connectivity index (χ4v) is 1.96. The molecule has 0 aliphatic heterocycles. The van der Waals surface area contributed by atoms with Crippen LogP contribution in [0.15, 0.2) is 0 Å². The van der Waals surface area contributed by atoms with Crippen molar-refractivity contribution in [3.8, 4) is 6.07 Å². The van der Waals surface area contributed by atoms with Crippen molar-refractivity contribution < 1.29 is 0 Å². The van der Waals surface area contributed by atoms with Crippen molar-refractivity contribution >= 4 is 0 Å². The molecule has 0 bridgehead atoms. The minimum absolute atomic E-state index is 0.159. The molecule has 0 rings (SSSR count). The SMILES string of the molecule is CCCCC(CC)CNCCCC(C)(C)C#N. The van der Waals surface area contributed by atoms with Gasteiger partial charge >= 0.3 is 0 Å². The van der Waals surface area contributed by atoms with Crippen molar-refractivity contribution in [2.24, 2.45) is 11.3 Å². The van der Waals surface area contributed by atoms with Crippen LogP contribution < -0.4 is 5.32 Å². The van der Waals surface area contributed by atoms with Crippen LogP contribution in [0.3, 0.4) is 0 Å². The van der Waals surface area contributed by atoms with E-state index in [0.717, 1.165) is 31.8 Å². The van der Waals surface area contributed by atoms with Crippen molar-refractivity contribution in [1.29, 1.82) is 5.26 Å². The quantitative estimate of drug-likeness (QED) is 0.581. The Morgan fingerprint density at radius 2 is 1.94 bits per heavy atom. The lowest BCUT2D eigenvalue weighted by atomic mass is 9.90. The molecule has 2 nitrogen and oxygen atoms in total. The summed E-state index contributed by atoms with van der Waals surface area (Å²) in [6.45, 7) is 10.8. The Morgan fingerprint density at radius 3 is 2.47 bits per heavy atom. The van der Waals surface area contributed by atoms with E-state index in [2.05, 4.69) is 25.2 Å². The predicted molar refractivity (Wildman–Crippen MR) is 74.8 cm³/mol. The van der Waals surface area contributed by atoms with Crippen LogP contribution in [-0.4, -0.2) is 13.1 Å². The highest BCUT2D eigenvalue weighted by Gasteiger charge is 2.15. The summed E-state index contributed by atoms with van der Waals surface area (Å²) < 4.78 is 0. The number of hydrogen-bond donors (Lipinski definition) is 1. The first-order valence-corrected chi connectivity index (χ1v) is 7.17. The molecule has 0 aliphatic carbocycles. The maximum atomic E-state index is 8.90. The summed E-state index contributed by atoms with van der Waals surface area (Å²) in [6, 6.07) is 2.35. The Kier molecular flexibility index (Phi) is 9.17. The summed E-state index contributed by atoms with van der Waals surface area (Å²) >= 11 is 0. The van der Waals surface area contributed by atoms with Crippen LogP contribution in [0.5, 0.6) is 0 Å². The normalized spacial score (nSPS) is 13.4. The molecule has 17 heavy (non-hydrogen) atoms. The van der Waals surface area contributed by atoms with E-state index >= 15 is 0 Å². The van der Waals surface area contributed by atoms with Gasteiger partial charge < -0.3 is 5.32 Å². The number of hydrogen-bond acceptors (Lipinski definition) is 2. The third-order valence-corrected chi connectivity index (χ3v) is 3.43. The van der Waals surface area contributed by atoms with Crippen LogP contribution in [-0.2, 0) is 0 Å². The number of rotatable bonds is 10. The molecule has 0 fully saturated rings. The number of nitrogens with one attached hydrogen (secondary N) is 1. The molecule has 0 spiro atoms. The topological polar surface area (TPSA) is 35.8 Å². The first-order valence-electron chi connectivity index (χ1n) is 7.17. The molecular formula is C15H30N2. The fraction of sp³-hybridized carbons (Fsp3) is 0.933. The zero-order chi connectivity index (χ0) is 13.1. The van der Waals surface area contributed by atoms with Crippen molar-refractivity contribution in [3.05, 3.63) is 0 Å². The van der Waals surface area contributed by atoms with Gasteiger partial charge in [-0.1, -0.05) is 33.1 Å². The molecule has 100 valence electrons. The monoisotopic (exact) mass is 238 g/mol. The smallest absolute Gasteiger partial charge is 0.0683 e. The average Bonchev–Trinajstić information content (AvgIpc) is 2.32. The highest BCUT2D eigenvalue weighted by Crippen LogP contribution is 2.20. The summed E-state index contributed by atoms with van der Waals surface area (Å²) in [5, 5.41) is 12.4. The van der Waals surface area contributed by atoms with E-state index in [9.17, 15) is 0 Å². The zero-order valence-corrected chi connectivity index (χ0v) is 12.2. The minimum Gasteiger partial charge on any atom is -0.316 e. The first kappa shape index (κ1) is 16.4. The van der Waals surface area contributed by atoms with E-state index in [1.54, 1.807) is 0 Å². The Balaban J connectivity index is 3.53. The molecule has 1 unspecified atom stereocenters. The molecule has 1 N–H and O–H groups in total. The molecule has 0 saturated heterocycles. The Bertz CT molecular complexity index is 215. The van der Waals surface area contributed by atoms with Crippen LogP contribution in [0.1, 0.15) is 66.2 Å². The highest BCUT2D eigenvalue weighted by molar-refractivity contribution is 4.91. The molecule has 0 aliphatic rings. The van der Waals surface area contributed by atoms with Gasteiger partial charge in [0.2, 0.25) is 0 Å². The van der Waals surface area contributed by atoms with Crippen molar-refractivity contribution in [1.82, 2.24) is 5.32 Å². The van der Waals surface area contributed by atoms with Gasteiger partial charge in [0.05, 0.1) is 11.5 Å². The lowest BCUT2D eigenvalue weighted by Crippen LogP contribution is -2.24. The van der Waals surface area contributed by atoms with Gasteiger partial charge in [0, 0.05) is 0 Å². The Hall–Kier alpha value is -0.550. The molecule has 0 aromatic rings. The minimum atomic E-state index is -0.159. The van der Waals surface area contributed by atoms with E-state index in [4.69, 9.17) is 5.26 Å². The molecular weight excluding hydrogens is 208 g/mol. The summed E-state index contributed by atoms with van der Waals surface area (Å²) in [5.74, 6) is 0.832. The molecule has 0 radical (unpaired) electrons. The molecule has 0 aromatic heterocycles. The second-order valence-electron chi connectivity index (χ2n) is 5.72. The highest BCUT2D eigenvalue weighted by atomic mass is 14.8. The second-order valence-corrected chi connectivity index (χ2v) is 5.72. The maximum absolute atomic E-state index is 8.90. The van der Waals surface area contributed by atoms with E-state index in [1.807, 2.05) is 13.8 Å². The molecule has 0 amide bonds. The lowest BCUT2D eigenvalue weighted by Gasteiger charge is -2.17. The third kappa shape index (κ3) is 9.18. The van der Waals surface area contributed by atoms with Gasteiger partial charge in [-0.05, 0) is 52.1 Å². The third-order valence-electron chi connectivity index (χ3n) is 3.43. The van der Waals surface area contributed by atoms with Crippen molar-refractivity contribution in [2.45, 2.75) is 66.2 Å². The van der Waals surface area contributed by atoms with E-state index < -0.39 is 0 Å². The van der Waals surface area contributed by atoms with Gasteiger partial charge in [-0.3, -0.25) is 0 Å². The van der Waals surface area contributed by atoms with Crippen LogP contribution in [0, 0.1) is 22.7 Å². The molecule has 1 atom stereocenters. The largest absolute Gasteiger partial charge is 0.316 e. The van der Waals surface area contributed by atoms with Crippen molar-refractivity contribution in [2.75, 3.05) is 13.1 Å². The molecule has 0 heterocycles. The molecule has 0 aromatic carbocycles. The summed E-state index contributed by atoms with van der Waals surface area (Å²) in [5.41, 5.74) is -0.159. The van der Waals surface area contributed by atoms with Crippen LogP contribution in [0.2, 0.25) is 0 Å². The summed E-state index contributed by atoms with van der Waals surface area (Å²) in [6.07, 6.45) is 7.36. The van der Waals surface area contributed by atoms with E-state index in [0.29, 0.717) is 0 Å². The summed E-state index contributed by atoms with van der Waals surface area (Å²) in [7, 11) is 0. The van der Waals surface area contributed by atoms with Gasteiger partial charge in [0.25, 0.3) is 0 Å². The molecule has 2 heteroatoms. The van der Waals surface area contributed by atoms with Gasteiger partial charge in [-0.15, -0.1) is 0 Å². The number of nitrogens with zero attached hydrogens (tertiary/aromatic N) is 1. The fourth-order valence-electron chi connectivity index (χ4n) is 1.96. The van der Waals surface area contributed by atoms with E-state index in [-0.39, 0.29) is 5.41 Å². The lowest BCUT2D eigenvalue weighted by molar-refractivity contribution is 0.393. The summed E-state index contributed by atoms with van der Waals surface area (Å²) in [4.78, 5) is 0. The second kappa shape index (κ2) is 9.48. The number of nitriles is 1. The van der Waals surface area contributed by atoms with Crippen LogP contribution in [0.25, 0.3) is 0 Å². The van der Waals surface area contributed by atoms with E-state index in [1.165, 1.54) is 25.7 Å². The Morgan fingerprint density at radius 1 is 1.24 bits per heavy atom. The predicted octanol–water partition coefficient (Wildman–Crippen LogP) is 4.12. The van der Waals surface area contributed by atoms with Crippen LogP contribution in [0.4, 0.5) is 0 Å². The number of unbranched alkanes of at least 4 members (excludes halogenated alkanes) is 1. The zero-order valence-electron chi connectivity index (χ0n) is 12.2. The Labute approximate surface area is 108 Å².